The van der Waals surface area contributed by atoms with Crippen molar-refractivity contribution in [1.29, 1.82) is 0 Å². The molecule has 0 fully saturated rings. The number of aryl methyl sites for hydroxylation is 1. The van der Waals surface area contributed by atoms with Crippen LogP contribution in [0, 0.1) is 6.92 Å². The van der Waals surface area contributed by atoms with E-state index in [2.05, 4.69) is 10.1 Å². The van der Waals surface area contributed by atoms with E-state index < -0.39 is 23.9 Å². The maximum absolute atomic E-state index is 12.5. The van der Waals surface area contributed by atoms with E-state index in [-0.39, 0.29) is 16.8 Å². The maximum Gasteiger partial charge on any atom is 0.339 e. The van der Waals surface area contributed by atoms with Crippen molar-refractivity contribution < 1.29 is 28.6 Å². The summed E-state index contributed by atoms with van der Waals surface area (Å²) in [6.07, 6.45) is -0.835. The van der Waals surface area contributed by atoms with Crippen molar-refractivity contribution in [2.24, 2.45) is 0 Å². The molecule has 0 radical (unpaired) electrons. The van der Waals surface area contributed by atoms with Crippen LogP contribution in [0.3, 0.4) is 0 Å². The Kier molecular flexibility index (Phi) is 6.54. The molecule has 0 aromatic heterocycles. The molecule has 27 heavy (non-hydrogen) atoms. The minimum Gasteiger partial charge on any atom is -0.481 e. The van der Waals surface area contributed by atoms with Crippen LogP contribution in [0.2, 0.25) is 0 Å². The van der Waals surface area contributed by atoms with Crippen LogP contribution in [-0.2, 0) is 14.3 Å². The smallest absolute Gasteiger partial charge is 0.339 e. The summed E-state index contributed by atoms with van der Waals surface area (Å²) >= 11 is 0. The summed E-state index contributed by atoms with van der Waals surface area (Å²) in [4.78, 5) is 36.2. The summed E-state index contributed by atoms with van der Waals surface area (Å²) in [6.45, 7) is 3.46. The number of benzene rings is 2. The fourth-order valence-electron chi connectivity index (χ4n) is 2.35. The molecule has 2 aromatic rings. The molecule has 0 saturated carbocycles. The van der Waals surface area contributed by atoms with Gasteiger partial charge in [-0.15, -0.1) is 0 Å². The van der Waals surface area contributed by atoms with Crippen molar-refractivity contribution >= 4 is 23.5 Å². The highest BCUT2D eigenvalue weighted by atomic mass is 16.5. The molecule has 0 aliphatic carbocycles. The van der Waals surface area contributed by atoms with Crippen LogP contribution in [0.4, 0.5) is 5.69 Å². The summed E-state index contributed by atoms with van der Waals surface area (Å²) in [5, 5.41) is 2.61. The van der Waals surface area contributed by atoms with Crippen molar-refractivity contribution in [2.75, 3.05) is 19.5 Å². The standard InChI is InChI=1S/C20H21NO6/c1-12-7-5-6-8-17(12)27-13(2)18(22)21-16-11-14(19(23)25-3)9-10-15(16)20(24)26-4/h5-11,13H,1-4H3,(H,21,22)/t13-/m0/s1. The Morgan fingerprint density at radius 3 is 2.26 bits per heavy atom. The molecule has 0 bridgehead atoms. The second-order valence-corrected chi connectivity index (χ2v) is 5.76. The molecule has 0 saturated heterocycles. The lowest BCUT2D eigenvalue weighted by Crippen LogP contribution is -2.31. The van der Waals surface area contributed by atoms with Gasteiger partial charge in [0.05, 0.1) is 31.0 Å². The molecule has 1 N–H and O–H groups in total. The molecule has 1 amide bonds. The molecular formula is C20H21NO6. The third-order valence-electron chi connectivity index (χ3n) is 3.87. The molecule has 0 unspecified atom stereocenters. The first-order valence-electron chi connectivity index (χ1n) is 8.21. The molecule has 2 rings (SSSR count). The zero-order chi connectivity index (χ0) is 20.0. The number of ether oxygens (including phenoxy) is 3. The van der Waals surface area contributed by atoms with Gasteiger partial charge in [-0.05, 0) is 43.7 Å². The van der Waals surface area contributed by atoms with E-state index in [0.29, 0.717) is 5.75 Å². The summed E-state index contributed by atoms with van der Waals surface area (Å²) < 4.78 is 15.1. The van der Waals surface area contributed by atoms with Gasteiger partial charge < -0.3 is 19.5 Å². The minimum atomic E-state index is -0.835. The van der Waals surface area contributed by atoms with Crippen molar-refractivity contribution in [3.63, 3.8) is 0 Å². The third-order valence-corrected chi connectivity index (χ3v) is 3.87. The number of esters is 2. The maximum atomic E-state index is 12.5. The Balaban J connectivity index is 2.25. The van der Waals surface area contributed by atoms with Gasteiger partial charge in [-0.25, -0.2) is 9.59 Å². The van der Waals surface area contributed by atoms with Gasteiger partial charge in [0.2, 0.25) is 0 Å². The number of amides is 1. The highest BCUT2D eigenvalue weighted by molar-refractivity contribution is 6.04. The number of methoxy groups -OCH3 is 2. The molecule has 2 aromatic carbocycles. The number of nitrogens with one attached hydrogen (secondary N) is 1. The van der Waals surface area contributed by atoms with Gasteiger partial charge in [-0.2, -0.15) is 0 Å². The fraction of sp³-hybridized carbons (Fsp3) is 0.250. The molecule has 0 aliphatic heterocycles. The van der Waals surface area contributed by atoms with Crippen LogP contribution in [0.5, 0.6) is 5.75 Å². The predicted octanol–water partition coefficient (Wildman–Crippen LogP) is 2.97. The average molecular weight is 371 g/mol. The van der Waals surface area contributed by atoms with E-state index in [1.807, 2.05) is 25.1 Å². The van der Waals surface area contributed by atoms with Gasteiger partial charge in [0.25, 0.3) is 5.91 Å². The quantitative estimate of drug-likeness (QED) is 0.785. The highest BCUT2D eigenvalue weighted by Gasteiger charge is 2.21. The van der Waals surface area contributed by atoms with Gasteiger partial charge in [-0.1, -0.05) is 18.2 Å². The topological polar surface area (TPSA) is 90.9 Å². The lowest BCUT2D eigenvalue weighted by Gasteiger charge is -2.17. The van der Waals surface area contributed by atoms with Gasteiger partial charge in [0, 0.05) is 0 Å². The highest BCUT2D eigenvalue weighted by Crippen LogP contribution is 2.22. The van der Waals surface area contributed by atoms with Gasteiger partial charge in [0.15, 0.2) is 6.10 Å². The fourth-order valence-corrected chi connectivity index (χ4v) is 2.35. The zero-order valence-electron chi connectivity index (χ0n) is 15.6. The van der Waals surface area contributed by atoms with Crippen molar-refractivity contribution in [3.8, 4) is 5.75 Å². The number of carbonyl (C=O) groups excluding carboxylic acids is 3. The Labute approximate surface area is 157 Å². The summed E-state index contributed by atoms with van der Waals surface area (Å²) in [7, 11) is 2.47. The van der Waals surface area contributed by atoms with E-state index in [9.17, 15) is 14.4 Å². The van der Waals surface area contributed by atoms with E-state index in [4.69, 9.17) is 9.47 Å². The Morgan fingerprint density at radius 2 is 1.63 bits per heavy atom. The van der Waals surface area contributed by atoms with Crippen molar-refractivity contribution in [1.82, 2.24) is 0 Å². The Morgan fingerprint density at radius 1 is 0.963 bits per heavy atom. The first kappa shape index (κ1) is 20.0. The van der Waals surface area contributed by atoms with E-state index in [1.165, 1.54) is 32.4 Å². The number of carbonyl (C=O) groups is 3. The first-order chi connectivity index (χ1) is 12.9. The number of hydrogen-bond donors (Lipinski definition) is 1. The van der Waals surface area contributed by atoms with Crippen LogP contribution >= 0.6 is 0 Å². The molecule has 1 atom stereocenters. The monoisotopic (exact) mass is 371 g/mol. The van der Waals surface area contributed by atoms with Crippen molar-refractivity contribution in [3.05, 3.63) is 59.2 Å². The Bertz CT molecular complexity index is 861. The molecule has 0 aliphatic rings. The van der Waals surface area contributed by atoms with E-state index in [0.717, 1.165) is 5.56 Å². The van der Waals surface area contributed by atoms with Gasteiger partial charge >= 0.3 is 11.9 Å². The summed E-state index contributed by atoms with van der Waals surface area (Å²) in [6, 6.07) is 11.5. The van der Waals surface area contributed by atoms with Crippen LogP contribution < -0.4 is 10.1 Å². The molecular weight excluding hydrogens is 350 g/mol. The largest absolute Gasteiger partial charge is 0.481 e. The van der Waals surface area contributed by atoms with Crippen LogP contribution in [0.15, 0.2) is 42.5 Å². The molecule has 7 heteroatoms. The van der Waals surface area contributed by atoms with Crippen LogP contribution in [0.25, 0.3) is 0 Å². The Hall–Kier alpha value is -3.35. The summed E-state index contributed by atoms with van der Waals surface area (Å²) in [5.74, 6) is -1.14. The minimum absolute atomic E-state index is 0.113. The van der Waals surface area contributed by atoms with Crippen molar-refractivity contribution in [2.45, 2.75) is 20.0 Å². The normalized spacial score (nSPS) is 11.3. The van der Waals surface area contributed by atoms with E-state index >= 15 is 0 Å². The van der Waals surface area contributed by atoms with Gasteiger partial charge in [0.1, 0.15) is 5.75 Å². The molecule has 142 valence electrons. The second-order valence-electron chi connectivity index (χ2n) is 5.76. The SMILES string of the molecule is COC(=O)c1ccc(C(=O)OC)c(NC(=O)[C@H](C)Oc2ccccc2C)c1. The first-order valence-corrected chi connectivity index (χ1v) is 8.21. The number of anilines is 1. The predicted molar refractivity (Wildman–Crippen MR) is 99.0 cm³/mol. The van der Waals surface area contributed by atoms with Crippen LogP contribution in [-0.4, -0.2) is 38.2 Å². The second kappa shape index (κ2) is 8.84. The lowest BCUT2D eigenvalue weighted by molar-refractivity contribution is -0.122. The number of para-hydroxylation sites is 1. The molecule has 0 heterocycles. The number of rotatable bonds is 6. The molecule has 0 spiro atoms. The van der Waals surface area contributed by atoms with Gasteiger partial charge in [-0.3, -0.25) is 4.79 Å². The molecule has 7 nitrogen and oxygen atoms in total. The number of hydrogen-bond acceptors (Lipinski definition) is 6. The lowest BCUT2D eigenvalue weighted by atomic mass is 10.1. The van der Waals surface area contributed by atoms with Crippen LogP contribution in [0.1, 0.15) is 33.2 Å². The average Bonchev–Trinajstić information content (AvgIpc) is 2.68. The summed E-state index contributed by atoms with van der Waals surface area (Å²) in [5.41, 5.74) is 1.32. The third kappa shape index (κ3) is 4.84. The zero-order valence-corrected chi connectivity index (χ0v) is 15.6. The van der Waals surface area contributed by atoms with E-state index in [1.54, 1.807) is 13.0 Å².